The number of pyridine rings is 1. The number of rotatable bonds is 6. The van der Waals surface area contributed by atoms with E-state index in [0.717, 1.165) is 10.2 Å². The second-order valence-corrected chi connectivity index (χ2v) is 11.4. The molecule has 0 N–H and O–H groups in total. The van der Waals surface area contributed by atoms with Crippen molar-refractivity contribution in [3.63, 3.8) is 0 Å². The molecule has 0 saturated heterocycles. The van der Waals surface area contributed by atoms with E-state index in [1.807, 2.05) is 12.1 Å². The molecule has 1 amide bonds. The minimum absolute atomic E-state index is 0.118. The Morgan fingerprint density at radius 3 is 2.62 bits per heavy atom. The fourth-order valence-electron chi connectivity index (χ4n) is 3.12. The van der Waals surface area contributed by atoms with E-state index >= 15 is 0 Å². The summed E-state index contributed by atoms with van der Waals surface area (Å²) >= 11 is 7.45. The number of carbonyl (C=O) groups excluding carboxylic acids is 1. The van der Waals surface area contributed by atoms with Gasteiger partial charge < -0.3 is 0 Å². The molecule has 0 unspecified atom stereocenters. The molecule has 4 rings (SSSR count). The molecule has 9 heteroatoms. The third-order valence-electron chi connectivity index (χ3n) is 4.89. The van der Waals surface area contributed by atoms with Crippen LogP contribution in [0.1, 0.15) is 29.9 Å². The number of carbonyl (C=O) groups is 1. The number of thiazole rings is 1. The zero-order valence-electron chi connectivity index (χ0n) is 17.4. The van der Waals surface area contributed by atoms with Crippen LogP contribution in [0.4, 0.5) is 5.13 Å². The highest BCUT2D eigenvalue weighted by atomic mass is 35.5. The number of hydrogen-bond acceptors (Lipinski definition) is 6. The van der Waals surface area contributed by atoms with Crippen LogP contribution in [0, 0.1) is 0 Å². The monoisotopic (exact) mass is 485 g/mol. The first kappa shape index (κ1) is 22.4. The Labute approximate surface area is 195 Å². The first-order valence-corrected chi connectivity index (χ1v) is 12.6. The molecular weight excluding hydrogens is 466 g/mol. The van der Waals surface area contributed by atoms with Crippen LogP contribution in [0.15, 0.2) is 71.8 Å². The number of amides is 1. The molecule has 0 aliphatic rings. The van der Waals surface area contributed by atoms with Crippen LogP contribution < -0.4 is 4.90 Å². The van der Waals surface area contributed by atoms with Crippen molar-refractivity contribution in [3.8, 4) is 0 Å². The second-order valence-electron chi connectivity index (χ2n) is 7.44. The molecule has 6 nitrogen and oxygen atoms in total. The zero-order chi connectivity index (χ0) is 22.9. The quantitative estimate of drug-likeness (QED) is 0.366. The maximum absolute atomic E-state index is 13.6. The molecule has 2 aromatic heterocycles. The fourth-order valence-corrected chi connectivity index (χ4v) is 5.46. The molecule has 164 valence electrons. The number of fused-ring (bicyclic) bond motifs is 1. The van der Waals surface area contributed by atoms with Crippen molar-refractivity contribution in [2.24, 2.45) is 0 Å². The van der Waals surface area contributed by atoms with Crippen LogP contribution in [0.2, 0.25) is 5.02 Å². The van der Waals surface area contributed by atoms with Crippen LogP contribution in [0.5, 0.6) is 0 Å². The second kappa shape index (κ2) is 8.97. The predicted octanol–water partition coefficient (Wildman–Crippen LogP) is 5.37. The van der Waals surface area contributed by atoms with Gasteiger partial charge in [0.15, 0.2) is 15.0 Å². The van der Waals surface area contributed by atoms with Crippen LogP contribution in [-0.2, 0) is 16.4 Å². The summed E-state index contributed by atoms with van der Waals surface area (Å²) in [6.45, 7) is 3.42. The number of hydrogen-bond donors (Lipinski definition) is 0. The Kier molecular flexibility index (Phi) is 6.28. The minimum atomic E-state index is -3.52. The van der Waals surface area contributed by atoms with Gasteiger partial charge in [0.25, 0.3) is 5.91 Å². The molecule has 0 aliphatic carbocycles. The van der Waals surface area contributed by atoms with Gasteiger partial charge in [-0.2, -0.15) is 0 Å². The summed E-state index contributed by atoms with van der Waals surface area (Å²) in [4.78, 5) is 24.2. The van der Waals surface area contributed by atoms with Gasteiger partial charge in [-0.3, -0.25) is 14.7 Å². The zero-order valence-corrected chi connectivity index (χ0v) is 19.8. The van der Waals surface area contributed by atoms with Gasteiger partial charge in [0.05, 0.1) is 32.6 Å². The van der Waals surface area contributed by atoms with Crippen molar-refractivity contribution in [2.45, 2.75) is 30.5 Å². The molecule has 0 fully saturated rings. The minimum Gasteiger partial charge on any atom is -0.278 e. The van der Waals surface area contributed by atoms with E-state index < -0.39 is 15.1 Å². The Balaban J connectivity index is 1.78. The van der Waals surface area contributed by atoms with Crippen molar-refractivity contribution < 1.29 is 13.2 Å². The van der Waals surface area contributed by atoms with Crippen LogP contribution in [0.3, 0.4) is 0 Å². The first-order valence-electron chi connectivity index (χ1n) is 9.87. The summed E-state index contributed by atoms with van der Waals surface area (Å²) in [6, 6.07) is 16.9. The number of anilines is 1. The molecule has 0 bridgehead atoms. The molecule has 0 radical (unpaired) electrons. The summed E-state index contributed by atoms with van der Waals surface area (Å²) in [5.41, 5.74) is 1.67. The Morgan fingerprint density at radius 1 is 1.09 bits per heavy atom. The number of halogens is 1. The molecular formula is C23H20ClN3O3S2. The number of sulfone groups is 1. The molecule has 0 saturated carbocycles. The summed E-state index contributed by atoms with van der Waals surface area (Å²) in [5, 5.41) is 0.475. The Bertz CT molecular complexity index is 1390. The van der Waals surface area contributed by atoms with Crippen molar-refractivity contribution in [2.75, 3.05) is 4.90 Å². The molecule has 2 heterocycles. The van der Waals surface area contributed by atoms with E-state index in [9.17, 15) is 13.2 Å². The van der Waals surface area contributed by atoms with Gasteiger partial charge in [0.2, 0.25) is 0 Å². The van der Waals surface area contributed by atoms with E-state index in [-0.39, 0.29) is 22.9 Å². The van der Waals surface area contributed by atoms with Gasteiger partial charge in [0.1, 0.15) is 0 Å². The van der Waals surface area contributed by atoms with E-state index in [1.165, 1.54) is 28.4 Å². The topological polar surface area (TPSA) is 80.2 Å². The van der Waals surface area contributed by atoms with Gasteiger partial charge >= 0.3 is 0 Å². The lowest BCUT2D eigenvalue weighted by Gasteiger charge is -2.20. The van der Waals surface area contributed by atoms with E-state index in [0.29, 0.717) is 15.8 Å². The SMILES string of the molecule is CC(C)S(=O)(=O)c1cccc(C(=O)N(Cc2ccccn2)c2nc3ccc(Cl)cc3s2)c1. The summed E-state index contributed by atoms with van der Waals surface area (Å²) < 4.78 is 26.1. The number of aromatic nitrogens is 2. The lowest BCUT2D eigenvalue weighted by Crippen LogP contribution is -2.31. The van der Waals surface area contributed by atoms with Crippen molar-refractivity contribution >= 4 is 54.0 Å². The third kappa shape index (κ3) is 4.53. The lowest BCUT2D eigenvalue weighted by atomic mass is 10.2. The summed E-state index contributed by atoms with van der Waals surface area (Å²) in [5.74, 6) is -0.360. The van der Waals surface area contributed by atoms with E-state index in [4.69, 9.17) is 11.6 Å². The predicted molar refractivity (Wildman–Crippen MR) is 128 cm³/mol. The fraction of sp³-hybridized carbons (Fsp3) is 0.174. The van der Waals surface area contributed by atoms with Crippen molar-refractivity contribution in [1.29, 1.82) is 0 Å². The highest BCUT2D eigenvalue weighted by molar-refractivity contribution is 7.92. The molecule has 4 aromatic rings. The normalized spacial score (nSPS) is 11.8. The van der Waals surface area contributed by atoms with Crippen LogP contribution >= 0.6 is 22.9 Å². The standard InChI is InChI=1S/C23H20ClN3O3S2/c1-15(2)32(29,30)19-8-5-6-16(12-19)22(28)27(14-18-7-3-4-11-25-18)23-26-20-10-9-17(24)13-21(20)31-23/h3-13,15H,14H2,1-2H3. The summed E-state index contributed by atoms with van der Waals surface area (Å²) in [7, 11) is -3.52. The van der Waals surface area contributed by atoms with Crippen LogP contribution in [-0.4, -0.2) is 29.5 Å². The highest BCUT2D eigenvalue weighted by Gasteiger charge is 2.25. The molecule has 0 spiro atoms. The van der Waals surface area contributed by atoms with Gasteiger partial charge in [-0.15, -0.1) is 0 Å². The molecule has 0 atom stereocenters. The smallest absolute Gasteiger partial charge is 0.260 e. The average molecular weight is 486 g/mol. The maximum Gasteiger partial charge on any atom is 0.260 e. The van der Waals surface area contributed by atoms with Crippen molar-refractivity contribution in [3.05, 3.63) is 83.1 Å². The Hall–Kier alpha value is -2.81. The van der Waals surface area contributed by atoms with Crippen molar-refractivity contribution in [1.82, 2.24) is 9.97 Å². The van der Waals surface area contributed by atoms with Gasteiger partial charge in [0, 0.05) is 16.8 Å². The number of nitrogens with zero attached hydrogens (tertiary/aromatic N) is 3. The first-order chi connectivity index (χ1) is 15.3. The maximum atomic E-state index is 13.6. The van der Waals surface area contributed by atoms with E-state index in [1.54, 1.807) is 56.4 Å². The number of benzene rings is 2. The van der Waals surface area contributed by atoms with Gasteiger partial charge in [-0.25, -0.2) is 13.4 Å². The largest absolute Gasteiger partial charge is 0.278 e. The summed E-state index contributed by atoms with van der Waals surface area (Å²) in [6.07, 6.45) is 1.66. The van der Waals surface area contributed by atoms with Gasteiger partial charge in [-0.05, 0) is 62.4 Å². The van der Waals surface area contributed by atoms with Gasteiger partial charge in [-0.1, -0.05) is 35.1 Å². The molecule has 32 heavy (non-hydrogen) atoms. The van der Waals surface area contributed by atoms with E-state index in [2.05, 4.69) is 9.97 Å². The highest BCUT2D eigenvalue weighted by Crippen LogP contribution is 2.32. The lowest BCUT2D eigenvalue weighted by molar-refractivity contribution is 0.0984. The van der Waals surface area contributed by atoms with Crippen LogP contribution in [0.25, 0.3) is 10.2 Å². The average Bonchev–Trinajstić information content (AvgIpc) is 3.20. The third-order valence-corrected chi connectivity index (χ3v) is 8.32. The molecule has 0 aliphatic heterocycles. The Morgan fingerprint density at radius 2 is 1.91 bits per heavy atom. The molecule has 2 aromatic carbocycles.